The van der Waals surface area contributed by atoms with Crippen LogP contribution in [-0.2, 0) is 0 Å². The summed E-state index contributed by atoms with van der Waals surface area (Å²) in [7, 11) is 0. The summed E-state index contributed by atoms with van der Waals surface area (Å²) >= 11 is 6.06. The Kier molecular flexibility index (Phi) is 4.99. The van der Waals surface area contributed by atoms with Gasteiger partial charge in [0, 0.05) is 16.3 Å². The predicted octanol–water partition coefficient (Wildman–Crippen LogP) is 3.21. The summed E-state index contributed by atoms with van der Waals surface area (Å²) in [4.78, 5) is 12.4. The third-order valence-electron chi connectivity index (χ3n) is 3.01. The number of nitrogens with one attached hydrogen (secondary N) is 1. The number of hydrogen-bond donors (Lipinski definition) is 2. The molecule has 0 radical (unpaired) electrons. The Hall–Kier alpha value is -2.28. The van der Waals surface area contributed by atoms with E-state index in [-0.39, 0.29) is 12.5 Å². The first-order valence-corrected chi connectivity index (χ1v) is 6.85. The first-order valence-electron chi connectivity index (χ1n) is 6.48. The number of rotatable bonds is 2. The molecule has 2 aromatic carbocycles. The van der Waals surface area contributed by atoms with Gasteiger partial charge in [0.1, 0.15) is 0 Å². The molecule has 21 heavy (non-hydrogen) atoms. The molecule has 2 rings (SSSR count). The van der Waals surface area contributed by atoms with Gasteiger partial charge in [-0.2, -0.15) is 0 Å². The van der Waals surface area contributed by atoms with Gasteiger partial charge in [0.15, 0.2) is 0 Å². The van der Waals surface area contributed by atoms with Gasteiger partial charge in [-0.25, -0.2) is 0 Å². The van der Waals surface area contributed by atoms with Gasteiger partial charge >= 0.3 is 0 Å². The van der Waals surface area contributed by atoms with E-state index < -0.39 is 0 Å². The van der Waals surface area contributed by atoms with Crippen LogP contribution < -0.4 is 11.1 Å². The van der Waals surface area contributed by atoms with Crippen LogP contribution >= 0.6 is 11.6 Å². The highest BCUT2D eigenvalue weighted by Crippen LogP contribution is 2.23. The zero-order valence-electron chi connectivity index (χ0n) is 11.6. The van der Waals surface area contributed by atoms with Gasteiger partial charge in [0.05, 0.1) is 12.1 Å². The lowest BCUT2D eigenvalue weighted by Gasteiger charge is -2.10. The van der Waals surface area contributed by atoms with Crippen LogP contribution in [0.1, 0.15) is 21.5 Å². The number of anilines is 1. The first kappa shape index (κ1) is 15.1. The van der Waals surface area contributed by atoms with Crippen molar-refractivity contribution >= 4 is 23.2 Å². The molecule has 0 aliphatic rings. The minimum Gasteiger partial charge on any atom is -0.322 e. The molecule has 3 N–H and O–H groups in total. The fourth-order valence-electron chi connectivity index (χ4n) is 1.87. The summed E-state index contributed by atoms with van der Waals surface area (Å²) in [5.74, 6) is 5.44. The Morgan fingerprint density at radius 3 is 2.76 bits per heavy atom. The second-order valence-electron chi connectivity index (χ2n) is 4.42. The van der Waals surface area contributed by atoms with Gasteiger partial charge in [0.25, 0.3) is 5.91 Å². The summed E-state index contributed by atoms with van der Waals surface area (Å²) in [5, 5.41) is 3.48. The number of nitrogens with two attached hydrogens (primary N) is 1. The SMILES string of the molecule is Cc1c(Cl)cccc1NC(=O)c1ccccc1C#CCN. The zero-order chi connectivity index (χ0) is 15.2. The van der Waals surface area contributed by atoms with Crippen LogP contribution in [0.2, 0.25) is 5.02 Å². The summed E-state index contributed by atoms with van der Waals surface area (Å²) in [6.45, 7) is 2.11. The number of benzene rings is 2. The molecule has 2 aromatic rings. The molecule has 0 aliphatic heterocycles. The minimum absolute atomic E-state index is 0.220. The Morgan fingerprint density at radius 2 is 2.00 bits per heavy atom. The van der Waals surface area contributed by atoms with Crippen molar-refractivity contribution in [1.29, 1.82) is 0 Å². The van der Waals surface area contributed by atoms with Crippen molar-refractivity contribution in [3.05, 3.63) is 64.2 Å². The zero-order valence-corrected chi connectivity index (χ0v) is 12.4. The standard InChI is InChI=1S/C17H15ClN2O/c1-12-15(18)9-4-10-16(12)20-17(21)14-8-3-2-6-13(14)7-5-11-19/h2-4,6,8-10H,11,19H2,1H3,(H,20,21). The molecule has 4 heteroatoms. The van der Waals surface area contributed by atoms with Gasteiger partial charge in [-0.1, -0.05) is 41.6 Å². The van der Waals surface area contributed by atoms with Crippen LogP contribution in [0.5, 0.6) is 0 Å². The highest BCUT2D eigenvalue weighted by atomic mass is 35.5. The van der Waals surface area contributed by atoms with E-state index in [0.29, 0.717) is 21.8 Å². The molecule has 0 saturated carbocycles. The lowest BCUT2D eigenvalue weighted by molar-refractivity contribution is 0.102. The van der Waals surface area contributed by atoms with Gasteiger partial charge < -0.3 is 11.1 Å². The summed E-state index contributed by atoms with van der Waals surface area (Å²) in [6.07, 6.45) is 0. The highest BCUT2D eigenvalue weighted by molar-refractivity contribution is 6.31. The quantitative estimate of drug-likeness (QED) is 0.837. The number of carbonyl (C=O) groups excluding carboxylic acids is 1. The van der Waals surface area contributed by atoms with Crippen LogP contribution in [0.3, 0.4) is 0 Å². The third-order valence-corrected chi connectivity index (χ3v) is 3.42. The number of amides is 1. The molecule has 0 fully saturated rings. The van der Waals surface area contributed by atoms with Crippen LogP contribution in [0.15, 0.2) is 42.5 Å². The number of carbonyl (C=O) groups is 1. The summed E-state index contributed by atoms with van der Waals surface area (Å²) in [6, 6.07) is 12.6. The maximum atomic E-state index is 12.4. The van der Waals surface area contributed by atoms with E-state index in [1.54, 1.807) is 30.3 Å². The molecule has 0 bridgehead atoms. The molecule has 0 unspecified atom stereocenters. The second kappa shape index (κ2) is 6.94. The minimum atomic E-state index is -0.220. The van der Waals surface area contributed by atoms with Gasteiger partial charge in [-0.15, -0.1) is 0 Å². The van der Waals surface area contributed by atoms with Crippen molar-refractivity contribution in [2.24, 2.45) is 5.73 Å². The molecule has 106 valence electrons. The van der Waals surface area contributed by atoms with Crippen LogP contribution in [-0.4, -0.2) is 12.5 Å². The summed E-state index contributed by atoms with van der Waals surface area (Å²) in [5.41, 5.74) is 8.06. The molecule has 0 aliphatic carbocycles. The number of halogens is 1. The van der Waals surface area contributed by atoms with Crippen LogP contribution in [0, 0.1) is 18.8 Å². The molecule has 0 saturated heterocycles. The van der Waals surface area contributed by atoms with E-state index in [0.717, 1.165) is 5.56 Å². The Morgan fingerprint density at radius 1 is 1.24 bits per heavy atom. The van der Waals surface area contributed by atoms with Crippen molar-refractivity contribution in [3.63, 3.8) is 0 Å². The Bertz CT molecular complexity index is 729. The van der Waals surface area contributed by atoms with Crippen molar-refractivity contribution < 1.29 is 4.79 Å². The van der Waals surface area contributed by atoms with E-state index in [1.807, 2.05) is 19.1 Å². The van der Waals surface area contributed by atoms with E-state index in [4.69, 9.17) is 17.3 Å². The summed E-state index contributed by atoms with van der Waals surface area (Å²) < 4.78 is 0. The molecule has 0 heterocycles. The van der Waals surface area contributed by atoms with Crippen LogP contribution in [0.4, 0.5) is 5.69 Å². The van der Waals surface area contributed by atoms with Crippen molar-refractivity contribution in [2.75, 3.05) is 11.9 Å². The molecule has 0 spiro atoms. The lowest BCUT2D eigenvalue weighted by Crippen LogP contribution is -2.14. The highest BCUT2D eigenvalue weighted by Gasteiger charge is 2.11. The average Bonchev–Trinajstić information content (AvgIpc) is 2.50. The average molecular weight is 299 g/mol. The molecule has 3 nitrogen and oxygen atoms in total. The van der Waals surface area contributed by atoms with Gasteiger partial charge in [0.2, 0.25) is 0 Å². The smallest absolute Gasteiger partial charge is 0.256 e. The molecule has 0 aromatic heterocycles. The molecule has 0 atom stereocenters. The van der Waals surface area contributed by atoms with Gasteiger partial charge in [-0.3, -0.25) is 4.79 Å². The molecular formula is C17H15ClN2O. The van der Waals surface area contributed by atoms with Crippen molar-refractivity contribution in [2.45, 2.75) is 6.92 Å². The predicted molar refractivity (Wildman–Crippen MR) is 86.5 cm³/mol. The molecular weight excluding hydrogens is 284 g/mol. The topological polar surface area (TPSA) is 55.1 Å². The Labute approximate surface area is 129 Å². The first-order chi connectivity index (χ1) is 10.1. The molecule has 1 amide bonds. The maximum Gasteiger partial charge on any atom is 0.256 e. The second-order valence-corrected chi connectivity index (χ2v) is 4.83. The van der Waals surface area contributed by atoms with E-state index in [2.05, 4.69) is 17.2 Å². The monoisotopic (exact) mass is 298 g/mol. The lowest BCUT2D eigenvalue weighted by atomic mass is 10.1. The fourth-order valence-corrected chi connectivity index (χ4v) is 2.04. The fraction of sp³-hybridized carbons (Fsp3) is 0.118. The largest absolute Gasteiger partial charge is 0.322 e. The normalized spacial score (nSPS) is 9.67. The maximum absolute atomic E-state index is 12.4. The third kappa shape index (κ3) is 3.63. The van der Waals surface area contributed by atoms with Crippen molar-refractivity contribution in [3.8, 4) is 11.8 Å². The Balaban J connectivity index is 2.31. The van der Waals surface area contributed by atoms with Crippen LogP contribution in [0.25, 0.3) is 0 Å². The number of hydrogen-bond acceptors (Lipinski definition) is 2. The van der Waals surface area contributed by atoms with E-state index >= 15 is 0 Å². The van der Waals surface area contributed by atoms with Gasteiger partial charge in [-0.05, 0) is 36.8 Å². The van der Waals surface area contributed by atoms with E-state index in [9.17, 15) is 4.79 Å². The van der Waals surface area contributed by atoms with E-state index in [1.165, 1.54) is 0 Å². The van der Waals surface area contributed by atoms with Crippen molar-refractivity contribution in [1.82, 2.24) is 0 Å².